The second kappa shape index (κ2) is 11.7. The molecule has 3 rings (SSSR count). The predicted octanol–water partition coefficient (Wildman–Crippen LogP) is 3.33. The fraction of sp³-hybridized carbons (Fsp3) is 0.462. The molecule has 0 spiro atoms. The first kappa shape index (κ1) is 24.6. The van der Waals surface area contributed by atoms with Crippen molar-refractivity contribution in [2.75, 3.05) is 45.7 Å². The number of carbonyl (C=O) groups excluding carboxylic acids is 2. The highest BCUT2D eigenvalue weighted by Crippen LogP contribution is 2.27. The average molecular weight is 454 g/mol. The number of hydrogen-bond acceptors (Lipinski definition) is 5. The molecule has 1 aliphatic rings. The third-order valence-corrected chi connectivity index (χ3v) is 6.28. The van der Waals surface area contributed by atoms with Gasteiger partial charge in [-0.15, -0.1) is 0 Å². The lowest BCUT2D eigenvalue weighted by Crippen LogP contribution is -2.43. The lowest BCUT2D eigenvalue weighted by molar-refractivity contribution is -0.126. The van der Waals surface area contributed by atoms with Gasteiger partial charge in [0.05, 0.1) is 20.8 Å². The van der Waals surface area contributed by atoms with Crippen molar-refractivity contribution >= 4 is 17.5 Å². The van der Waals surface area contributed by atoms with Crippen LogP contribution in [0.15, 0.2) is 36.4 Å². The van der Waals surface area contributed by atoms with E-state index in [1.54, 1.807) is 14.2 Å². The minimum atomic E-state index is -0.0175. The van der Waals surface area contributed by atoms with Crippen LogP contribution in [0.1, 0.15) is 29.5 Å². The lowest BCUT2D eigenvalue weighted by Gasteiger charge is -2.30. The number of rotatable bonds is 9. The van der Waals surface area contributed by atoms with Gasteiger partial charge in [0.15, 0.2) is 11.5 Å². The van der Waals surface area contributed by atoms with Crippen LogP contribution in [0.2, 0.25) is 0 Å². The zero-order valence-corrected chi connectivity index (χ0v) is 20.1. The normalized spacial score (nSPS) is 14.5. The Labute approximate surface area is 196 Å². The fourth-order valence-corrected chi connectivity index (χ4v) is 4.09. The molecule has 2 amide bonds. The molecule has 2 aromatic carbocycles. The molecule has 1 fully saturated rings. The Hall–Kier alpha value is -3.06. The quantitative estimate of drug-likeness (QED) is 0.609. The molecule has 0 atom stereocenters. The third kappa shape index (κ3) is 6.96. The molecule has 2 aromatic rings. The van der Waals surface area contributed by atoms with Crippen molar-refractivity contribution in [2.45, 2.75) is 33.1 Å². The molecule has 1 saturated heterocycles. The Morgan fingerprint density at radius 2 is 1.70 bits per heavy atom. The Balaban J connectivity index is 1.38. The SMILES string of the molecule is COc1ccc(CCNC(=O)C2CCN(CC(=O)Nc3ccc(C)c(C)c3)CC2)cc1OC. The Kier molecular flexibility index (Phi) is 8.72. The van der Waals surface area contributed by atoms with Crippen molar-refractivity contribution in [3.63, 3.8) is 0 Å². The Morgan fingerprint density at radius 1 is 0.970 bits per heavy atom. The zero-order valence-electron chi connectivity index (χ0n) is 20.1. The number of piperidine rings is 1. The van der Waals surface area contributed by atoms with E-state index in [1.807, 2.05) is 43.3 Å². The number of nitrogens with one attached hydrogen (secondary N) is 2. The topological polar surface area (TPSA) is 79.9 Å². The van der Waals surface area contributed by atoms with E-state index in [9.17, 15) is 9.59 Å². The Bertz CT molecular complexity index is 968. The van der Waals surface area contributed by atoms with Gasteiger partial charge in [-0.1, -0.05) is 12.1 Å². The summed E-state index contributed by atoms with van der Waals surface area (Å²) in [6.45, 7) is 6.50. The van der Waals surface area contributed by atoms with Gasteiger partial charge in [-0.2, -0.15) is 0 Å². The van der Waals surface area contributed by atoms with E-state index in [2.05, 4.69) is 22.5 Å². The first-order valence-electron chi connectivity index (χ1n) is 11.5. The molecular weight excluding hydrogens is 418 g/mol. The van der Waals surface area contributed by atoms with Crippen LogP contribution in [-0.4, -0.2) is 57.1 Å². The number of anilines is 1. The van der Waals surface area contributed by atoms with Crippen molar-refractivity contribution < 1.29 is 19.1 Å². The van der Waals surface area contributed by atoms with Crippen LogP contribution in [0.25, 0.3) is 0 Å². The number of nitrogens with zero attached hydrogens (tertiary/aromatic N) is 1. The Morgan fingerprint density at radius 3 is 2.36 bits per heavy atom. The zero-order chi connectivity index (χ0) is 23.8. The number of likely N-dealkylation sites (tertiary alicyclic amines) is 1. The summed E-state index contributed by atoms with van der Waals surface area (Å²) < 4.78 is 10.6. The van der Waals surface area contributed by atoms with Crippen LogP contribution in [0.5, 0.6) is 11.5 Å². The molecule has 0 bridgehead atoms. The highest BCUT2D eigenvalue weighted by Gasteiger charge is 2.25. The highest BCUT2D eigenvalue weighted by atomic mass is 16.5. The summed E-state index contributed by atoms with van der Waals surface area (Å²) in [5.74, 6) is 1.45. The van der Waals surface area contributed by atoms with E-state index in [-0.39, 0.29) is 17.7 Å². The standard InChI is InChI=1S/C26H35N3O4/c1-18-5-7-22(15-19(18)2)28-25(30)17-29-13-10-21(11-14-29)26(31)27-12-9-20-6-8-23(32-3)24(16-20)33-4/h5-8,15-16,21H,9-14,17H2,1-4H3,(H,27,31)(H,28,30). The van der Waals surface area contributed by atoms with Gasteiger partial charge in [-0.25, -0.2) is 0 Å². The third-order valence-electron chi connectivity index (χ3n) is 6.28. The second-order valence-corrected chi connectivity index (χ2v) is 8.63. The molecular formula is C26H35N3O4. The molecule has 0 aromatic heterocycles. The molecule has 178 valence electrons. The van der Waals surface area contributed by atoms with Crippen LogP contribution >= 0.6 is 0 Å². The summed E-state index contributed by atoms with van der Waals surface area (Å²) in [6, 6.07) is 11.7. The molecule has 0 saturated carbocycles. The van der Waals surface area contributed by atoms with Gasteiger partial charge in [0.1, 0.15) is 0 Å². The van der Waals surface area contributed by atoms with E-state index < -0.39 is 0 Å². The van der Waals surface area contributed by atoms with Gasteiger partial charge in [-0.05, 0) is 87.2 Å². The number of ether oxygens (including phenoxy) is 2. The molecule has 1 heterocycles. The van der Waals surface area contributed by atoms with Crippen molar-refractivity contribution in [1.29, 1.82) is 0 Å². The molecule has 0 unspecified atom stereocenters. The second-order valence-electron chi connectivity index (χ2n) is 8.63. The van der Waals surface area contributed by atoms with Crippen LogP contribution in [0.4, 0.5) is 5.69 Å². The predicted molar refractivity (Wildman–Crippen MR) is 130 cm³/mol. The number of carbonyl (C=O) groups is 2. The summed E-state index contributed by atoms with van der Waals surface area (Å²) in [7, 11) is 3.23. The lowest BCUT2D eigenvalue weighted by atomic mass is 9.96. The van der Waals surface area contributed by atoms with Gasteiger partial charge >= 0.3 is 0 Å². The van der Waals surface area contributed by atoms with E-state index in [4.69, 9.17) is 9.47 Å². The minimum absolute atomic E-state index is 0.00513. The maximum atomic E-state index is 12.6. The van der Waals surface area contributed by atoms with Crippen LogP contribution in [0.3, 0.4) is 0 Å². The molecule has 7 nitrogen and oxygen atoms in total. The summed E-state index contributed by atoms with van der Waals surface area (Å²) in [5.41, 5.74) is 4.27. The summed E-state index contributed by atoms with van der Waals surface area (Å²) in [4.78, 5) is 27.1. The van der Waals surface area contributed by atoms with Gasteiger partial charge < -0.3 is 20.1 Å². The molecule has 0 radical (unpaired) electrons. The first-order valence-corrected chi connectivity index (χ1v) is 11.5. The molecule has 2 N–H and O–H groups in total. The summed E-state index contributed by atoms with van der Waals surface area (Å²) in [5, 5.41) is 6.03. The van der Waals surface area contributed by atoms with Crippen molar-refractivity contribution in [2.24, 2.45) is 5.92 Å². The number of aryl methyl sites for hydroxylation is 2. The van der Waals surface area contributed by atoms with Crippen LogP contribution < -0.4 is 20.1 Å². The van der Waals surface area contributed by atoms with Crippen LogP contribution in [-0.2, 0) is 16.0 Å². The maximum Gasteiger partial charge on any atom is 0.238 e. The van der Waals surface area contributed by atoms with E-state index >= 15 is 0 Å². The highest BCUT2D eigenvalue weighted by molar-refractivity contribution is 5.92. The maximum absolute atomic E-state index is 12.6. The van der Waals surface area contributed by atoms with Gasteiger partial charge in [0.2, 0.25) is 11.8 Å². The number of methoxy groups -OCH3 is 2. The molecule has 33 heavy (non-hydrogen) atoms. The summed E-state index contributed by atoms with van der Waals surface area (Å²) in [6.07, 6.45) is 2.25. The molecule has 1 aliphatic heterocycles. The van der Waals surface area contributed by atoms with Crippen molar-refractivity contribution in [1.82, 2.24) is 10.2 Å². The molecule has 7 heteroatoms. The minimum Gasteiger partial charge on any atom is -0.493 e. The number of benzene rings is 2. The van der Waals surface area contributed by atoms with Gasteiger partial charge in [-0.3, -0.25) is 14.5 Å². The largest absolute Gasteiger partial charge is 0.493 e. The number of amides is 2. The fourth-order valence-electron chi connectivity index (χ4n) is 4.09. The smallest absolute Gasteiger partial charge is 0.238 e. The summed E-state index contributed by atoms with van der Waals surface area (Å²) >= 11 is 0. The monoisotopic (exact) mass is 453 g/mol. The van der Waals surface area contributed by atoms with E-state index in [0.29, 0.717) is 24.6 Å². The first-order chi connectivity index (χ1) is 15.9. The average Bonchev–Trinajstić information content (AvgIpc) is 2.81. The van der Waals surface area contributed by atoms with Gasteiger partial charge in [0, 0.05) is 18.2 Å². The van der Waals surface area contributed by atoms with Crippen molar-refractivity contribution in [3.8, 4) is 11.5 Å². The molecule has 0 aliphatic carbocycles. The number of hydrogen-bond donors (Lipinski definition) is 2. The van der Waals surface area contributed by atoms with E-state index in [1.165, 1.54) is 5.56 Å². The van der Waals surface area contributed by atoms with E-state index in [0.717, 1.165) is 49.2 Å². The van der Waals surface area contributed by atoms with Crippen LogP contribution in [0, 0.1) is 19.8 Å². The van der Waals surface area contributed by atoms with Crippen molar-refractivity contribution in [3.05, 3.63) is 53.1 Å². The van der Waals surface area contributed by atoms with Gasteiger partial charge in [0.25, 0.3) is 0 Å².